The van der Waals surface area contributed by atoms with E-state index in [1.165, 1.54) is 35.3 Å². The number of likely N-dealkylation sites (N-methyl/N-ethyl adjacent to an activating group) is 1. The summed E-state index contributed by atoms with van der Waals surface area (Å²) >= 11 is 5.29. The molecule has 1 N–H and O–H groups in total. The van der Waals surface area contributed by atoms with Gasteiger partial charge in [-0.05, 0) is 41.4 Å². The van der Waals surface area contributed by atoms with Gasteiger partial charge < -0.3 is 5.32 Å². The maximum Gasteiger partial charge on any atom is 0.0300 e. The van der Waals surface area contributed by atoms with E-state index >= 15 is 0 Å². The average Bonchev–Trinajstić information content (AvgIpc) is 3.03. The first kappa shape index (κ1) is 12.6. The van der Waals surface area contributed by atoms with Crippen LogP contribution in [0.1, 0.15) is 24.6 Å². The fourth-order valence-electron chi connectivity index (χ4n) is 1.92. The summed E-state index contributed by atoms with van der Waals surface area (Å²) in [7, 11) is 0. The fourth-order valence-corrected chi connectivity index (χ4v) is 3.34. The lowest BCUT2D eigenvalue weighted by Crippen LogP contribution is -2.33. The van der Waals surface area contributed by atoms with Crippen LogP contribution in [0.15, 0.2) is 15.9 Å². The van der Waals surface area contributed by atoms with Crippen molar-refractivity contribution in [1.82, 2.24) is 10.2 Å². The summed E-state index contributed by atoms with van der Waals surface area (Å²) < 4.78 is 1.20. The second-order valence-electron chi connectivity index (χ2n) is 4.27. The van der Waals surface area contributed by atoms with Crippen LogP contribution >= 0.6 is 27.3 Å². The van der Waals surface area contributed by atoms with Crippen molar-refractivity contribution in [3.63, 3.8) is 0 Å². The molecule has 0 atom stereocenters. The van der Waals surface area contributed by atoms with E-state index in [2.05, 4.69) is 44.5 Å². The van der Waals surface area contributed by atoms with Gasteiger partial charge in [-0.15, -0.1) is 11.3 Å². The van der Waals surface area contributed by atoms with Gasteiger partial charge in [-0.2, -0.15) is 0 Å². The van der Waals surface area contributed by atoms with Crippen LogP contribution in [0.5, 0.6) is 0 Å². The Bertz CT molecular complexity index is 323. The summed E-state index contributed by atoms with van der Waals surface area (Å²) in [6.45, 7) is 6.73. The minimum Gasteiger partial charge on any atom is -0.311 e. The van der Waals surface area contributed by atoms with E-state index in [9.17, 15) is 0 Å². The number of nitrogens with zero attached hydrogens (tertiary/aromatic N) is 1. The van der Waals surface area contributed by atoms with Gasteiger partial charge in [-0.25, -0.2) is 0 Å². The minimum atomic E-state index is 0.891. The zero-order valence-electron chi connectivity index (χ0n) is 9.71. The first-order valence-corrected chi connectivity index (χ1v) is 7.64. The summed E-state index contributed by atoms with van der Waals surface area (Å²) in [5.74, 6) is 0. The molecule has 1 saturated carbocycles. The predicted octanol–water partition coefficient (Wildman–Crippen LogP) is 3.08. The van der Waals surface area contributed by atoms with Crippen LogP contribution < -0.4 is 5.32 Å². The van der Waals surface area contributed by atoms with Crippen LogP contribution in [-0.4, -0.2) is 30.6 Å². The van der Waals surface area contributed by atoms with Gasteiger partial charge in [0.05, 0.1) is 0 Å². The van der Waals surface area contributed by atoms with Crippen molar-refractivity contribution in [3.8, 4) is 0 Å². The second kappa shape index (κ2) is 6.15. The van der Waals surface area contributed by atoms with Gasteiger partial charge in [0.2, 0.25) is 0 Å². The van der Waals surface area contributed by atoms with E-state index in [0.717, 1.165) is 19.1 Å². The Hall–Kier alpha value is 0.1000. The van der Waals surface area contributed by atoms with Crippen molar-refractivity contribution in [2.45, 2.75) is 32.4 Å². The fraction of sp³-hybridized carbons (Fsp3) is 0.667. The maximum absolute atomic E-state index is 3.51. The third-order valence-electron chi connectivity index (χ3n) is 2.97. The largest absolute Gasteiger partial charge is 0.311 e. The lowest BCUT2D eigenvalue weighted by Gasteiger charge is -2.19. The van der Waals surface area contributed by atoms with Gasteiger partial charge in [-0.3, -0.25) is 4.90 Å². The third-order valence-corrected chi connectivity index (χ3v) is 4.66. The molecule has 1 fully saturated rings. The highest BCUT2D eigenvalue weighted by molar-refractivity contribution is 9.10. The van der Waals surface area contributed by atoms with Crippen LogP contribution in [0.25, 0.3) is 0 Å². The molecule has 16 heavy (non-hydrogen) atoms. The van der Waals surface area contributed by atoms with Crippen LogP contribution in [-0.2, 0) is 6.54 Å². The van der Waals surface area contributed by atoms with Gasteiger partial charge in [-0.1, -0.05) is 6.92 Å². The first-order valence-electron chi connectivity index (χ1n) is 5.97. The Morgan fingerprint density at radius 2 is 2.38 bits per heavy atom. The maximum atomic E-state index is 3.51. The van der Waals surface area contributed by atoms with Crippen LogP contribution in [0.4, 0.5) is 0 Å². The van der Waals surface area contributed by atoms with Gasteiger partial charge >= 0.3 is 0 Å². The summed E-state index contributed by atoms with van der Waals surface area (Å²) in [4.78, 5) is 3.98. The highest BCUT2D eigenvalue weighted by atomic mass is 79.9. The highest BCUT2D eigenvalue weighted by Crippen LogP contribution is 2.25. The molecular formula is C12H19BrN2S. The number of thiophene rings is 1. The molecule has 0 unspecified atom stereocenters. The lowest BCUT2D eigenvalue weighted by molar-refractivity contribution is 0.277. The molecule has 0 spiro atoms. The van der Waals surface area contributed by atoms with Gasteiger partial charge in [0.25, 0.3) is 0 Å². The van der Waals surface area contributed by atoms with Crippen molar-refractivity contribution in [1.29, 1.82) is 0 Å². The molecule has 2 rings (SSSR count). The molecule has 0 amide bonds. The Balaban J connectivity index is 1.60. The van der Waals surface area contributed by atoms with Crippen molar-refractivity contribution in [2.24, 2.45) is 0 Å². The lowest BCUT2D eigenvalue weighted by atomic mass is 10.4. The summed E-state index contributed by atoms with van der Waals surface area (Å²) in [6, 6.07) is 3.08. The van der Waals surface area contributed by atoms with Crippen LogP contribution in [0.2, 0.25) is 0 Å². The topological polar surface area (TPSA) is 15.3 Å². The average molecular weight is 303 g/mol. The first-order chi connectivity index (χ1) is 7.79. The highest BCUT2D eigenvalue weighted by Gasteiger charge is 2.26. The number of rotatable bonds is 7. The Kier molecular flexibility index (Phi) is 4.82. The SMILES string of the molecule is CCN(CCNCc1cc(Br)cs1)C1CC1. The number of nitrogens with one attached hydrogen (secondary N) is 1. The molecule has 0 aromatic carbocycles. The molecule has 0 radical (unpaired) electrons. The van der Waals surface area contributed by atoms with Crippen LogP contribution in [0.3, 0.4) is 0 Å². The quantitative estimate of drug-likeness (QED) is 0.779. The van der Waals surface area contributed by atoms with Gasteiger partial charge in [0.1, 0.15) is 0 Å². The van der Waals surface area contributed by atoms with Crippen molar-refractivity contribution >= 4 is 27.3 Å². The smallest absolute Gasteiger partial charge is 0.0300 e. The third kappa shape index (κ3) is 3.84. The summed E-state index contributed by atoms with van der Waals surface area (Å²) in [6.07, 6.45) is 2.82. The molecule has 0 bridgehead atoms. The molecule has 0 aliphatic heterocycles. The minimum absolute atomic E-state index is 0.891. The number of halogens is 1. The summed E-state index contributed by atoms with van der Waals surface area (Å²) in [5.41, 5.74) is 0. The van der Waals surface area contributed by atoms with E-state index in [0.29, 0.717) is 0 Å². The summed E-state index contributed by atoms with van der Waals surface area (Å²) in [5, 5.41) is 5.65. The molecule has 90 valence electrons. The normalized spacial score (nSPS) is 15.9. The number of hydrogen-bond donors (Lipinski definition) is 1. The molecule has 0 saturated heterocycles. The zero-order chi connectivity index (χ0) is 11.4. The molecule has 1 aromatic rings. The zero-order valence-corrected chi connectivity index (χ0v) is 12.1. The molecule has 2 nitrogen and oxygen atoms in total. The Labute approximate surface area is 110 Å². The van der Waals surface area contributed by atoms with Crippen molar-refractivity contribution in [2.75, 3.05) is 19.6 Å². The standard InChI is InChI=1S/C12H19BrN2S/c1-2-15(11-3-4-11)6-5-14-8-12-7-10(13)9-16-12/h7,9,11,14H,2-6,8H2,1H3. The van der Waals surface area contributed by atoms with E-state index in [1.54, 1.807) is 0 Å². The van der Waals surface area contributed by atoms with E-state index in [-0.39, 0.29) is 0 Å². The van der Waals surface area contributed by atoms with E-state index in [1.807, 2.05) is 11.3 Å². The van der Waals surface area contributed by atoms with E-state index in [4.69, 9.17) is 0 Å². The Morgan fingerprint density at radius 1 is 1.56 bits per heavy atom. The molecule has 1 aromatic heterocycles. The van der Waals surface area contributed by atoms with Crippen molar-refractivity contribution in [3.05, 3.63) is 20.8 Å². The second-order valence-corrected chi connectivity index (χ2v) is 6.18. The predicted molar refractivity (Wildman–Crippen MR) is 74.0 cm³/mol. The van der Waals surface area contributed by atoms with Gasteiger partial charge in [0.15, 0.2) is 0 Å². The molecule has 1 heterocycles. The number of hydrogen-bond acceptors (Lipinski definition) is 3. The molecular weight excluding hydrogens is 284 g/mol. The monoisotopic (exact) mass is 302 g/mol. The van der Waals surface area contributed by atoms with E-state index < -0.39 is 0 Å². The molecule has 1 aliphatic carbocycles. The molecule has 4 heteroatoms. The molecule has 1 aliphatic rings. The van der Waals surface area contributed by atoms with Gasteiger partial charge in [0, 0.05) is 40.4 Å². The van der Waals surface area contributed by atoms with Crippen LogP contribution in [0, 0.1) is 0 Å². The Morgan fingerprint density at radius 3 is 2.94 bits per heavy atom. The van der Waals surface area contributed by atoms with Crippen molar-refractivity contribution < 1.29 is 0 Å².